The van der Waals surface area contributed by atoms with Gasteiger partial charge in [-0.05, 0) is 23.3 Å². The predicted molar refractivity (Wildman–Crippen MR) is 72.7 cm³/mol. The molecule has 0 saturated heterocycles. The summed E-state index contributed by atoms with van der Waals surface area (Å²) in [5.74, 6) is 0.747. The van der Waals surface area contributed by atoms with Crippen LogP contribution >= 0.6 is 0 Å². The standard InChI is InChI=1S/C16H15O3/c1-18-15-9-7-14(8-10-15)16(11-17)19-12-13-5-3-2-4-6-13/h2-10,16H,12H2,1H3. The van der Waals surface area contributed by atoms with Crippen molar-refractivity contribution in [2.75, 3.05) is 7.11 Å². The summed E-state index contributed by atoms with van der Waals surface area (Å²) in [4.78, 5) is 11.0. The van der Waals surface area contributed by atoms with E-state index < -0.39 is 6.10 Å². The van der Waals surface area contributed by atoms with Gasteiger partial charge in [-0.2, -0.15) is 0 Å². The van der Waals surface area contributed by atoms with Crippen molar-refractivity contribution in [2.45, 2.75) is 12.7 Å². The summed E-state index contributed by atoms with van der Waals surface area (Å²) in [5.41, 5.74) is 1.79. The maximum Gasteiger partial charge on any atom is 0.234 e. The normalized spacial score (nSPS) is 11.8. The van der Waals surface area contributed by atoms with E-state index in [1.807, 2.05) is 36.6 Å². The highest BCUT2D eigenvalue weighted by molar-refractivity contribution is 5.61. The summed E-state index contributed by atoms with van der Waals surface area (Å²) < 4.78 is 10.6. The van der Waals surface area contributed by atoms with Gasteiger partial charge in [-0.3, -0.25) is 4.79 Å². The molecule has 0 aliphatic heterocycles. The van der Waals surface area contributed by atoms with Crippen LogP contribution in [0.5, 0.6) is 5.75 Å². The molecule has 97 valence electrons. The van der Waals surface area contributed by atoms with Gasteiger partial charge in [0.05, 0.1) is 13.7 Å². The molecule has 0 aromatic heterocycles. The van der Waals surface area contributed by atoms with E-state index in [2.05, 4.69) is 0 Å². The summed E-state index contributed by atoms with van der Waals surface area (Å²) in [6.45, 7) is 0.382. The quantitative estimate of drug-likeness (QED) is 0.795. The summed E-state index contributed by atoms with van der Waals surface area (Å²) >= 11 is 0. The molecule has 2 rings (SSSR count). The zero-order valence-electron chi connectivity index (χ0n) is 10.7. The molecular formula is C16H15O3. The molecule has 19 heavy (non-hydrogen) atoms. The van der Waals surface area contributed by atoms with Gasteiger partial charge < -0.3 is 9.47 Å². The van der Waals surface area contributed by atoms with Crippen LogP contribution in [-0.2, 0) is 16.1 Å². The number of carbonyl (C=O) groups excluding carboxylic acids is 1. The smallest absolute Gasteiger partial charge is 0.234 e. The van der Waals surface area contributed by atoms with Crippen LogP contribution in [0.3, 0.4) is 0 Å². The Morgan fingerprint density at radius 2 is 1.74 bits per heavy atom. The lowest BCUT2D eigenvalue weighted by Crippen LogP contribution is -2.05. The van der Waals surface area contributed by atoms with Crippen LogP contribution in [-0.4, -0.2) is 13.4 Å². The molecule has 0 heterocycles. The van der Waals surface area contributed by atoms with Gasteiger partial charge in [0.25, 0.3) is 0 Å². The number of hydrogen-bond acceptors (Lipinski definition) is 3. The lowest BCUT2D eigenvalue weighted by molar-refractivity contribution is 0.0824. The molecule has 0 aliphatic rings. The third-order valence-electron chi connectivity index (χ3n) is 2.79. The van der Waals surface area contributed by atoms with Crippen molar-refractivity contribution in [1.29, 1.82) is 0 Å². The second-order valence-electron chi connectivity index (χ2n) is 4.07. The maximum atomic E-state index is 11.0. The highest BCUT2D eigenvalue weighted by Crippen LogP contribution is 2.20. The Morgan fingerprint density at radius 1 is 1.05 bits per heavy atom. The summed E-state index contributed by atoms with van der Waals surface area (Å²) in [5, 5.41) is 0. The predicted octanol–water partition coefficient (Wildman–Crippen LogP) is 3.06. The monoisotopic (exact) mass is 255 g/mol. The molecule has 2 aromatic rings. The third kappa shape index (κ3) is 3.66. The molecular weight excluding hydrogens is 240 g/mol. The molecule has 1 unspecified atom stereocenters. The van der Waals surface area contributed by atoms with Crippen LogP contribution in [0, 0.1) is 0 Å². The van der Waals surface area contributed by atoms with E-state index in [0.717, 1.165) is 16.9 Å². The Bertz CT molecular complexity index is 505. The molecule has 0 amide bonds. The van der Waals surface area contributed by atoms with Gasteiger partial charge in [0.2, 0.25) is 6.29 Å². The average Bonchev–Trinajstić information content (AvgIpc) is 2.49. The first kappa shape index (κ1) is 13.3. The lowest BCUT2D eigenvalue weighted by Gasteiger charge is -2.12. The Balaban J connectivity index is 2.01. The molecule has 2 aromatic carbocycles. The first-order chi connectivity index (χ1) is 9.33. The van der Waals surface area contributed by atoms with Gasteiger partial charge in [-0.1, -0.05) is 42.5 Å². The van der Waals surface area contributed by atoms with Crippen molar-refractivity contribution >= 4 is 6.29 Å². The first-order valence-electron chi connectivity index (χ1n) is 6.00. The van der Waals surface area contributed by atoms with E-state index in [4.69, 9.17) is 9.47 Å². The zero-order valence-corrected chi connectivity index (χ0v) is 10.7. The molecule has 0 spiro atoms. The topological polar surface area (TPSA) is 35.5 Å². The van der Waals surface area contributed by atoms with Gasteiger partial charge in [-0.25, -0.2) is 0 Å². The molecule has 3 heteroatoms. The van der Waals surface area contributed by atoms with Crippen LogP contribution in [0.25, 0.3) is 0 Å². The van der Waals surface area contributed by atoms with Gasteiger partial charge in [0.1, 0.15) is 11.9 Å². The largest absolute Gasteiger partial charge is 0.497 e. The molecule has 0 fully saturated rings. The van der Waals surface area contributed by atoms with E-state index in [0.29, 0.717) is 6.61 Å². The highest BCUT2D eigenvalue weighted by Gasteiger charge is 2.12. The molecule has 0 bridgehead atoms. The molecule has 1 radical (unpaired) electrons. The molecule has 0 saturated carbocycles. The minimum atomic E-state index is -0.675. The number of benzene rings is 2. The van der Waals surface area contributed by atoms with Crippen LogP contribution in [0.4, 0.5) is 0 Å². The fourth-order valence-electron chi connectivity index (χ4n) is 1.73. The van der Waals surface area contributed by atoms with Gasteiger partial charge in [0.15, 0.2) is 0 Å². The van der Waals surface area contributed by atoms with E-state index in [9.17, 15) is 4.79 Å². The Hall–Kier alpha value is -2.13. The second-order valence-corrected chi connectivity index (χ2v) is 4.07. The molecule has 1 atom stereocenters. The number of ether oxygens (including phenoxy) is 2. The minimum Gasteiger partial charge on any atom is -0.497 e. The van der Waals surface area contributed by atoms with E-state index in [-0.39, 0.29) is 0 Å². The van der Waals surface area contributed by atoms with Crippen molar-refractivity contribution in [1.82, 2.24) is 0 Å². The van der Waals surface area contributed by atoms with Gasteiger partial charge >= 0.3 is 0 Å². The SMILES string of the molecule is COc1ccc(C([C]=O)OCc2ccccc2)cc1. The minimum absolute atomic E-state index is 0.382. The van der Waals surface area contributed by atoms with Crippen LogP contribution in [0.2, 0.25) is 0 Å². The summed E-state index contributed by atoms with van der Waals surface area (Å²) in [7, 11) is 1.60. The zero-order chi connectivity index (χ0) is 13.5. The Morgan fingerprint density at radius 3 is 2.32 bits per heavy atom. The van der Waals surface area contributed by atoms with Gasteiger partial charge in [-0.15, -0.1) is 0 Å². The first-order valence-corrected chi connectivity index (χ1v) is 6.00. The Kier molecular flexibility index (Phi) is 4.70. The van der Waals surface area contributed by atoms with Crippen LogP contribution in [0.1, 0.15) is 17.2 Å². The third-order valence-corrected chi connectivity index (χ3v) is 2.79. The van der Waals surface area contributed by atoms with Crippen molar-refractivity contribution in [3.05, 3.63) is 65.7 Å². The average molecular weight is 255 g/mol. The van der Waals surface area contributed by atoms with E-state index in [1.165, 1.54) is 0 Å². The molecule has 3 nitrogen and oxygen atoms in total. The second kappa shape index (κ2) is 6.71. The van der Waals surface area contributed by atoms with Gasteiger partial charge in [0, 0.05) is 0 Å². The number of methoxy groups -OCH3 is 1. The summed E-state index contributed by atoms with van der Waals surface area (Å²) in [6.07, 6.45) is 1.24. The van der Waals surface area contributed by atoms with Crippen molar-refractivity contribution in [3.8, 4) is 5.75 Å². The van der Waals surface area contributed by atoms with Crippen LogP contribution in [0.15, 0.2) is 54.6 Å². The number of rotatable bonds is 6. The van der Waals surface area contributed by atoms with Crippen molar-refractivity contribution < 1.29 is 14.3 Å². The van der Waals surface area contributed by atoms with Crippen molar-refractivity contribution in [3.63, 3.8) is 0 Å². The molecule has 0 aliphatic carbocycles. The van der Waals surface area contributed by atoms with Crippen molar-refractivity contribution in [2.24, 2.45) is 0 Å². The Labute approximate surface area is 112 Å². The summed E-state index contributed by atoms with van der Waals surface area (Å²) in [6, 6.07) is 16.9. The highest BCUT2D eigenvalue weighted by atomic mass is 16.5. The lowest BCUT2D eigenvalue weighted by atomic mass is 10.1. The van der Waals surface area contributed by atoms with E-state index >= 15 is 0 Å². The van der Waals surface area contributed by atoms with Crippen LogP contribution < -0.4 is 4.74 Å². The van der Waals surface area contributed by atoms with E-state index in [1.54, 1.807) is 31.4 Å². The fourth-order valence-corrected chi connectivity index (χ4v) is 1.73. The maximum absolute atomic E-state index is 11.0. The number of hydrogen-bond donors (Lipinski definition) is 0. The fraction of sp³-hybridized carbons (Fsp3) is 0.188. The molecule has 0 N–H and O–H groups in total.